The molecule has 0 aliphatic carbocycles. The van der Waals surface area contributed by atoms with E-state index in [1.54, 1.807) is 24.5 Å². The van der Waals surface area contributed by atoms with Crippen molar-refractivity contribution in [1.82, 2.24) is 4.98 Å². The van der Waals surface area contributed by atoms with Gasteiger partial charge in [0.05, 0.1) is 12.2 Å². The van der Waals surface area contributed by atoms with E-state index in [1.165, 1.54) is 19.3 Å². The van der Waals surface area contributed by atoms with Gasteiger partial charge in [-0.3, -0.25) is 4.98 Å². The highest BCUT2D eigenvalue weighted by Gasteiger charge is 2.09. The molecule has 0 spiro atoms. The lowest BCUT2D eigenvalue weighted by molar-refractivity contribution is 0.0442. The Balaban J connectivity index is 2.24. The van der Waals surface area contributed by atoms with Gasteiger partial charge in [0.1, 0.15) is 0 Å². The van der Waals surface area contributed by atoms with Gasteiger partial charge in [0, 0.05) is 12.4 Å². The number of nitrogens with zero attached hydrogens (tertiary/aromatic N) is 1. The van der Waals surface area contributed by atoms with Gasteiger partial charge in [-0.2, -0.15) is 0 Å². The van der Waals surface area contributed by atoms with Gasteiger partial charge in [-0.05, 0) is 24.5 Å². The van der Waals surface area contributed by atoms with E-state index in [1.807, 2.05) is 0 Å². The summed E-state index contributed by atoms with van der Waals surface area (Å²) in [6, 6.07) is 3.34. The summed E-state index contributed by atoms with van der Waals surface area (Å²) >= 11 is 0. The van der Waals surface area contributed by atoms with E-state index in [0.29, 0.717) is 18.1 Å². The Morgan fingerprint density at radius 3 is 2.71 bits per heavy atom. The van der Waals surface area contributed by atoms with Crippen molar-refractivity contribution < 1.29 is 9.53 Å². The molecule has 1 heterocycles. The van der Waals surface area contributed by atoms with E-state index in [-0.39, 0.29) is 5.97 Å². The minimum Gasteiger partial charge on any atom is -0.462 e. The van der Waals surface area contributed by atoms with Gasteiger partial charge in [-0.15, -0.1) is 0 Å². The van der Waals surface area contributed by atoms with Gasteiger partial charge in [0.15, 0.2) is 0 Å². The third-order valence-electron chi connectivity index (χ3n) is 2.72. The van der Waals surface area contributed by atoms with E-state index < -0.39 is 0 Å². The Morgan fingerprint density at radius 2 is 2.06 bits per heavy atom. The van der Waals surface area contributed by atoms with Gasteiger partial charge in [-0.1, -0.05) is 33.1 Å². The van der Waals surface area contributed by atoms with Crippen molar-refractivity contribution in [2.45, 2.75) is 39.5 Å². The van der Waals surface area contributed by atoms with Gasteiger partial charge in [0.25, 0.3) is 0 Å². The zero-order valence-electron chi connectivity index (χ0n) is 10.7. The molecule has 0 aliphatic heterocycles. The van der Waals surface area contributed by atoms with Gasteiger partial charge < -0.3 is 4.74 Å². The molecule has 1 aromatic heterocycles. The van der Waals surface area contributed by atoms with Crippen LogP contribution in [0.25, 0.3) is 0 Å². The van der Waals surface area contributed by atoms with Crippen molar-refractivity contribution in [1.29, 1.82) is 0 Å². The van der Waals surface area contributed by atoms with Gasteiger partial charge >= 0.3 is 5.97 Å². The third-order valence-corrected chi connectivity index (χ3v) is 2.72. The first kappa shape index (κ1) is 13.7. The van der Waals surface area contributed by atoms with Crippen LogP contribution in [0.15, 0.2) is 24.5 Å². The number of carbonyl (C=O) groups is 1. The first-order chi connectivity index (χ1) is 8.24. The molecule has 1 aromatic rings. The maximum Gasteiger partial charge on any atom is 0.338 e. The Labute approximate surface area is 103 Å². The summed E-state index contributed by atoms with van der Waals surface area (Å²) in [6.07, 6.45) is 8.01. The average molecular weight is 235 g/mol. The number of hydrogen-bond donors (Lipinski definition) is 0. The van der Waals surface area contributed by atoms with Crippen LogP contribution in [0.2, 0.25) is 0 Å². The van der Waals surface area contributed by atoms with Crippen molar-refractivity contribution in [3.8, 4) is 0 Å². The summed E-state index contributed by atoms with van der Waals surface area (Å²) < 4.78 is 5.25. The molecule has 0 fully saturated rings. The Kier molecular flexibility index (Phi) is 6.30. The molecule has 3 nitrogen and oxygen atoms in total. The molecule has 0 bridgehead atoms. The molecule has 0 N–H and O–H groups in total. The fourth-order valence-corrected chi connectivity index (χ4v) is 1.62. The molecular weight excluding hydrogens is 214 g/mol. The summed E-state index contributed by atoms with van der Waals surface area (Å²) in [7, 11) is 0. The number of aromatic nitrogens is 1. The molecule has 0 amide bonds. The highest BCUT2D eigenvalue weighted by Crippen LogP contribution is 2.10. The molecule has 0 saturated carbocycles. The van der Waals surface area contributed by atoms with Crippen LogP contribution in [0.4, 0.5) is 0 Å². The molecule has 1 atom stereocenters. The molecule has 94 valence electrons. The van der Waals surface area contributed by atoms with Crippen molar-refractivity contribution in [3.05, 3.63) is 30.1 Å². The Bertz CT molecular complexity index is 324. The standard InChI is InChI=1S/C14H21NO2/c1-3-4-5-6-12(2)11-17-14(16)13-7-9-15-10-8-13/h7-10,12H,3-6,11H2,1-2H3/t12-/m1/s1. The van der Waals surface area contributed by atoms with Crippen molar-refractivity contribution in [2.75, 3.05) is 6.61 Å². The van der Waals surface area contributed by atoms with Crippen LogP contribution in [0, 0.1) is 5.92 Å². The monoisotopic (exact) mass is 235 g/mol. The molecule has 3 heteroatoms. The number of hydrogen-bond acceptors (Lipinski definition) is 3. The van der Waals surface area contributed by atoms with Crippen molar-refractivity contribution >= 4 is 5.97 Å². The van der Waals surface area contributed by atoms with Crippen LogP contribution in [0.3, 0.4) is 0 Å². The minimum absolute atomic E-state index is 0.255. The first-order valence-electron chi connectivity index (χ1n) is 6.31. The number of ether oxygens (including phenoxy) is 1. The van der Waals surface area contributed by atoms with E-state index in [9.17, 15) is 4.79 Å². The number of esters is 1. The second-order valence-corrected chi connectivity index (χ2v) is 4.44. The lowest BCUT2D eigenvalue weighted by atomic mass is 10.0. The summed E-state index contributed by atoms with van der Waals surface area (Å²) in [5.74, 6) is 0.182. The minimum atomic E-state index is -0.255. The Hall–Kier alpha value is -1.38. The van der Waals surface area contributed by atoms with Crippen LogP contribution in [-0.4, -0.2) is 17.6 Å². The molecule has 0 unspecified atom stereocenters. The summed E-state index contributed by atoms with van der Waals surface area (Å²) in [4.78, 5) is 15.5. The fourth-order valence-electron chi connectivity index (χ4n) is 1.62. The van der Waals surface area contributed by atoms with Crippen LogP contribution < -0.4 is 0 Å². The summed E-state index contributed by atoms with van der Waals surface area (Å²) in [6.45, 7) is 4.81. The first-order valence-corrected chi connectivity index (χ1v) is 6.31. The molecule has 0 aliphatic rings. The third kappa shape index (κ3) is 5.48. The van der Waals surface area contributed by atoms with Crippen LogP contribution in [0.1, 0.15) is 49.9 Å². The molecule has 17 heavy (non-hydrogen) atoms. The number of unbranched alkanes of at least 4 members (excludes halogenated alkanes) is 2. The summed E-state index contributed by atoms with van der Waals surface area (Å²) in [5, 5.41) is 0. The molecule has 1 rings (SSSR count). The Morgan fingerprint density at radius 1 is 1.35 bits per heavy atom. The second kappa shape index (κ2) is 7.82. The van der Waals surface area contributed by atoms with Gasteiger partial charge in [-0.25, -0.2) is 4.79 Å². The lowest BCUT2D eigenvalue weighted by Gasteiger charge is -2.11. The fraction of sp³-hybridized carbons (Fsp3) is 0.571. The zero-order valence-corrected chi connectivity index (χ0v) is 10.7. The van der Waals surface area contributed by atoms with E-state index in [2.05, 4.69) is 18.8 Å². The maximum atomic E-state index is 11.6. The lowest BCUT2D eigenvalue weighted by Crippen LogP contribution is -2.12. The van der Waals surface area contributed by atoms with E-state index in [4.69, 9.17) is 4.74 Å². The highest BCUT2D eigenvalue weighted by molar-refractivity contribution is 5.89. The topological polar surface area (TPSA) is 39.2 Å². The molecule has 0 saturated heterocycles. The van der Waals surface area contributed by atoms with Crippen molar-refractivity contribution in [3.63, 3.8) is 0 Å². The number of rotatable bonds is 7. The van der Waals surface area contributed by atoms with E-state index >= 15 is 0 Å². The summed E-state index contributed by atoms with van der Waals surface area (Å²) in [5.41, 5.74) is 0.570. The van der Waals surface area contributed by atoms with Crippen LogP contribution in [0.5, 0.6) is 0 Å². The van der Waals surface area contributed by atoms with Crippen LogP contribution in [-0.2, 0) is 4.74 Å². The van der Waals surface area contributed by atoms with Crippen LogP contribution >= 0.6 is 0 Å². The zero-order chi connectivity index (χ0) is 12.5. The molecule has 0 radical (unpaired) electrons. The average Bonchev–Trinajstić information content (AvgIpc) is 2.37. The number of pyridine rings is 1. The quantitative estimate of drug-likeness (QED) is 0.536. The number of carbonyl (C=O) groups excluding carboxylic acids is 1. The van der Waals surface area contributed by atoms with E-state index in [0.717, 1.165) is 6.42 Å². The normalized spacial score (nSPS) is 12.1. The largest absolute Gasteiger partial charge is 0.462 e. The second-order valence-electron chi connectivity index (χ2n) is 4.44. The molecular formula is C14H21NO2. The highest BCUT2D eigenvalue weighted by atomic mass is 16.5. The predicted molar refractivity (Wildman–Crippen MR) is 67.8 cm³/mol. The predicted octanol–water partition coefficient (Wildman–Crippen LogP) is 3.45. The van der Waals surface area contributed by atoms with Crippen molar-refractivity contribution in [2.24, 2.45) is 5.92 Å². The van der Waals surface area contributed by atoms with Gasteiger partial charge in [0.2, 0.25) is 0 Å². The molecule has 0 aromatic carbocycles. The SMILES string of the molecule is CCCCC[C@@H](C)COC(=O)c1ccncc1. The maximum absolute atomic E-state index is 11.6. The smallest absolute Gasteiger partial charge is 0.338 e.